The Morgan fingerprint density at radius 1 is 1.10 bits per heavy atom. The van der Waals surface area contributed by atoms with E-state index in [0.717, 1.165) is 90.3 Å². The minimum Gasteiger partial charge on any atom is -0.381 e. The first kappa shape index (κ1) is 25.9. The average Bonchev–Trinajstić information content (AvgIpc) is 3.69. The number of piperidine rings is 1. The number of carbonyl (C=O) groups excluding carboxylic acids is 1. The molecule has 11 nitrogen and oxygen atoms in total. The molecule has 210 valence electrons. The molecule has 2 bridgehead atoms. The first-order valence-electron chi connectivity index (χ1n) is 14.1. The Balaban J connectivity index is 1.19. The highest BCUT2D eigenvalue weighted by molar-refractivity contribution is 7.18. The molecule has 4 aromatic heterocycles. The molecule has 2 saturated heterocycles. The summed E-state index contributed by atoms with van der Waals surface area (Å²) in [5, 5.41) is 31.6. The fourth-order valence-corrected chi connectivity index (χ4v) is 7.39. The molecule has 12 heteroatoms. The Morgan fingerprint density at radius 3 is 2.66 bits per heavy atom. The van der Waals surface area contributed by atoms with Crippen molar-refractivity contribution >= 4 is 33.6 Å². The van der Waals surface area contributed by atoms with Gasteiger partial charge in [-0.25, -0.2) is 4.52 Å². The molecule has 41 heavy (non-hydrogen) atoms. The number of ether oxygens (including phenoxy) is 1. The van der Waals surface area contributed by atoms with E-state index < -0.39 is 0 Å². The van der Waals surface area contributed by atoms with Gasteiger partial charge >= 0.3 is 0 Å². The Kier molecular flexibility index (Phi) is 6.76. The van der Waals surface area contributed by atoms with Gasteiger partial charge in [0.25, 0.3) is 0 Å². The standard InChI is InChI=1S/C29H31N9O2S/c1-17(39)33-27-19-2-3-20(27)16-37(15-19)29-36-35-28(41-29)23-14-31-25(11-24(23)34-21-6-8-40-9-7-21)26-5-4-22-10-18(12-30)13-32-38(22)26/h4-5,10-11,13-14,19-21,27H,2-3,6-9,15-16H2,1H3,(H,31,34)(H,33,39)/t19-,20+,27+. The number of nitrogens with zero attached hydrogens (tertiary/aromatic N) is 7. The zero-order valence-electron chi connectivity index (χ0n) is 22.8. The molecule has 2 aliphatic heterocycles. The summed E-state index contributed by atoms with van der Waals surface area (Å²) in [5.74, 6) is 0.924. The van der Waals surface area contributed by atoms with Gasteiger partial charge in [-0.15, -0.1) is 10.2 Å². The Morgan fingerprint density at radius 2 is 1.90 bits per heavy atom. The molecule has 7 rings (SSSR count). The van der Waals surface area contributed by atoms with E-state index in [1.165, 1.54) is 0 Å². The number of amides is 1. The van der Waals surface area contributed by atoms with Crippen LogP contribution in [0.4, 0.5) is 10.8 Å². The van der Waals surface area contributed by atoms with Crippen LogP contribution in [0.2, 0.25) is 0 Å². The van der Waals surface area contributed by atoms with Crippen molar-refractivity contribution in [1.29, 1.82) is 5.26 Å². The number of aromatic nitrogens is 5. The third kappa shape index (κ3) is 5.00. The third-order valence-electron chi connectivity index (χ3n) is 8.50. The first-order chi connectivity index (χ1) is 20.1. The van der Waals surface area contributed by atoms with Crippen LogP contribution < -0.4 is 15.5 Å². The van der Waals surface area contributed by atoms with Gasteiger partial charge in [0.2, 0.25) is 11.0 Å². The van der Waals surface area contributed by atoms with Crippen molar-refractivity contribution in [2.24, 2.45) is 11.8 Å². The second kappa shape index (κ2) is 10.7. The number of hydrogen-bond donors (Lipinski definition) is 2. The highest BCUT2D eigenvalue weighted by atomic mass is 32.1. The Hall–Kier alpha value is -4.08. The number of hydrogen-bond acceptors (Lipinski definition) is 10. The monoisotopic (exact) mass is 569 g/mol. The number of pyridine rings is 1. The molecule has 0 radical (unpaired) electrons. The van der Waals surface area contributed by atoms with Crippen molar-refractivity contribution in [2.45, 2.75) is 44.7 Å². The van der Waals surface area contributed by atoms with E-state index in [2.05, 4.69) is 43.0 Å². The van der Waals surface area contributed by atoms with E-state index in [4.69, 9.17) is 9.72 Å². The highest BCUT2D eigenvalue weighted by Crippen LogP contribution is 2.41. The summed E-state index contributed by atoms with van der Waals surface area (Å²) in [7, 11) is 0. The Bertz CT molecular complexity index is 1620. The normalized spacial score (nSPS) is 22.5. The van der Waals surface area contributed by atoms with E-state index >= 15 is 0 Å². The van der Waals surface area contributed by atoms with Crippen molar-refractivity contribution in [1.82, 2.24) is 30.1 Å². The van der Waals surface area contributed by atoms with Gasteiger partial charge in [0.15, 0.2) is 5.01 Å². The molecule has 0 aromatic carbocycles. The maximum absolute atomic E-state index is 11.7. The number of carbonyl (C=O) groups is 1. The van der Waals surface area contributed by atoms with Crippen LogP contribution in [0.1, 0.15) is 38.2 Å². The van der Waals surface area contributed by atoms with E-state index in [9.17, 15) is 10.1 Å². The molecule has 3 fully saturated rings. The van der Waals surface area contributed by atoms with Crippen LogP contribution in [0.25, 0.3) is 27.5 Å². The van der Waals surface area contributed by atoms with Crippen molar-refractivity contribution in [3.05, 3.63) is 42.2 Å². The summed E-state index contributed by atoms with van der Waals surface area (Å²) in [6.07, 6.45) is 7.55. The topological polar surface area (TPSA) is 133 Å². The molecule has 3 atom stereocenters. The number of nitrogens with one attached hydrogen (secondary N) is 2. The van der Waals surface area contributed by atoms with Crippen molar-refractivity contribution in [3.63, 3.8) is 0 Å². The van der Waals surface area contributed by atoms with E-state index in [0.29, 0.717) is 17.4 Å². The molecule has 4 aromatic rings. The van der Waals surface area contributed by atoms with Crippen LogP contribution in [0.3, 0.4) is 0 Å². The second-order valence-electron chi connectivity index (χ2n) is 11.2. The SMILES string of the molecule is CC(=O)N[C@H]1[C@@H]2CC[C@H]1CN(c1nnc(-c3cnc(-c4ccc5cc(C#N)cnn45)cc3NC3CCOCC3)s1)C2. The molecule has 1 amide bonds. The van der Waals surface area contributed by atoms with Gasteiger partial charge in [0, 0.05) is 57.2 Å². The predicted octanol–water partition coefficient (Wildman–Crippen LogP) is 3.73. The largest absolute Gasteiger partial charge is 0.381 e. The fourth-order valence-electron chi connectivity index (χ4n) is 6.50. The van der Waals surface area contributed by atoms with Gasteiger partial charge in [-0.1, -0.05) is 11.3 Å². The van der Waals surface area contributed by atoms with E-state index in [1.807, 2.05) is 28.9 Å². The van der Waals surface area contributed by atoms with Crippen molar-refractivity contribution < 1.29 is 9.53 Å². The first-order valence-corrected chi connectivity index (χ1v) is 15.0. The molecule has 2 N–H and O–H groups in total. The summed E-state index contributed by atoms with van der Waals surface area (Å²) in [6.45, 7) is 4.83. The number of rotatable bonds is 6. The second-order valence-corrected chi connectivity index (χ2v) is 12.1. The van der Waals surface area contributed by atoms with Crippen LogP contribution in [-0.4, -0.2) is 69.1 Å². The average molecular weight is 570 g/mol. The molecular weight excluding hydrogens is 538 g/mol. The lowest BCUT2D eigenvalue weighted by molar-refractivity contribution is -0.120. The molecule has 6 heterocycles. The summed E-state index contributed by atoms with van der Waals surface area (Å²) >= 11 is 1.59. The highest BCUT2D eigenvalue weighted by Gasteiger charge is 2.43. The number of anilines is 2. The molecule has 1 aliphatic carbocycles. The smallest absolute Gasteiger partial charge is 0.217 e. The molecular formula is C29H31N9O2S. The van der Waals surface area contributed by atoms with Gasteiger partial charge in [-0.2, -0.15) is 10.4 Å². The Labute approximate surface area is 241 Å². The maximum atomic E-state index is 11.7. The van der Waals surface area contributed by atoms with Crippen LogP contribution in [-0.2, 0) is 9.53 Å². The molecule has 0 spiro atoms. The van der Waals surface area contributed by atoms with Crippen LogP contribution in [0, 0.1) is 23.2 Å². The third-order valence-corrected chi connectivity index (χ3v) is 9.51. The molecule has 3 aliphatic rings. The summed E-state index contributed by atoms with van der Waals surface area (Å²) in [6, 6.07) is 10.5. The lowest BCUT2D eigenvalue weighted by Gasteiger charge is -2.37. The van der Waals surface area contributed by atoms with Gasteiger partial charge in [0.05, 0.1) is 34.2 Å². The van der Waals surface area contributed by atoms with Crippen molar-refractivity contribution in [2.75, 3.05) is 36.5 Å². The summed E-state index contributed by atoms with van der Waals surface area (Å²) < 4.78 is 7.40. The predicted molar refractivity (Wildman–Crippen MR) is 156 cm³/mol. The van der Waals surface area contributed by atoms with Gasteiger partial charge in [0.1, 0.15) is 6.07 Å². The quantitative estimate of drug-likeness (QED) is 0.356. The van der Waals surface area contributed by atoms with Crippen LogP contribution in [0.5, 0.6) is 0 Å². The van der Waals surface area contributed by atoms with E-state index in [-0.39, 0.29) is 18.0 Å². The van der Waals surface area contributed by atoms with Crippen molar-refractivity contribution in [3.8, 4) is 28.0 Å². The number of nitriles is 1. The summed E-state index contributed by atoms with van der Waals surface area (Å²) in [5.41, 5.74) is 4.86. The number of fused-ring (bicyclic) bond motifs is 3. The van der Waals surface area contributed by atoms with Gasteiger partial charge in [-0.05, 0) is 61.8 Å². The van der Waals surface area contributed by atoms with Gasteiger partial charge in [-0.3, -0.25) is 9.78 Å². The minimum atomic E-state index is 0.0508. The van der Waals surface area contributed by atoms with E-state index in [1.54, 1.807) is 24.5 Å². The minimum absolute atomic E-state index is 0.0508. The van der Waals surface area contributed by atoms with Gasteiger partial charge < -0.3 is 20.3 Å². The molecule has 0 unspecified atom stereocenters. The lowest BCUT2D eigenvalue weighted by Crippen LogP contribution is -2.52. The lowest BCUT2D eigenvalue weighted by atomic mass is 9.92. The zero-order valence-corrected chi connectivity index (χ0v) is 23.6. The molecule has 1 saturated carbocycles. The van der Waals surface area contributed by atoms with Crippen LogP contribution in [0.15, 0.2) is 36.7 Å². The van der Waals surface area contributed by atoms with Crippen LogP contribution >= 0.6 is 11.3 Å². The maximum Gasteiger partial charge on any atom is 0.217 e. The zero-order chi connectivity index (χ0) is 27.9. The summed E-state index contributed by atoms with van der Waals surface area (Å²) in [4.78, 5) is 18.9. The fraction of sp³-hybridized carbons (Fsp3) is 0.448.